The smallest absolute Gasteiger partial charge is 0.349 e. The summed E-state index contributed by atoms with van der Waals surface area (Å²) in [7, 11) is -4.30. The molecule has 9 nitrogen and oxygen atoms in total. The Bertz CT molecular complexity index is 1400. The van der Waals surface area contributed by atoms with Crippen molar-refractivity contribution in [3.8, 4) is 11.5 Å². The number of sulfonamides is 1. The SMILES string of the molecule is COc1ccc(S(=O)(=O)N(C)Cc2ccc(OC(C(=O)O)c3cccc(S(C)(=O)=O)c3)cc2)cc1. The highest BCUT2D eigenvalue weighted by atomic mass is 32.2. The van der Waals surface area contributed by atoms with E-state index in [1.54, 1.807) is 24.3 Å². The van der Waals surface area contributed by atoms with Crippen molar-refractivity contribution in [1.29, 1.82) is 0 Å². The largest absolute Gasteiger partial charge is 0.497 e. The van der Waals surface area contributed by atoms with Gasteiger partial charge in [-0.1, -0.05) is 24.3 Å². The molecule has 0 fully saturated rings. The zero-order chi connectivity index (χ0) is 25.8. The Morgan fingerprint density at radius 1 is 0.914 bits per heavy atom. The number of hydrogen-bond donors (Lipinski definition) is 1. The summed E-state index contributed by atoms with van der Waals surface area (Å²) in [5.74, 6) is -0.512. The molecular formula is C24H25NO8S2. The van der Waals surface area contributed by atoms with Gasteiger partial charge in [-0.05, 0) is 54.1 Å². The summed E-state index contributed by atoms with van der Waals surface area (Å²) in [6.07, 6.45) is -0.395. The van der Waals surface area contributed by atoms with Crippen LogP contribution < -0.4 is 9.47 Å². The van der Waals surface area contributed by atoms with Gasteiger partial charge in [-0.3, -0.25) is 0 Å². The number of benzene rings is 3. The number of carboxylic acid groups (broad SMARTS) is 1. The Morgan fingerprint density at radius 3 is 2.06 bits per heavy atom. The van der Waals surface area contributed by atoms with Gasteiger partial charge in [0.05, 0.1) is 16.9 Å². The third kappa shape index (κ3) is 6.38. The molecule has 1 N–H and O–H groups in total. The van der Waals surface area contributed by atoms with E-state index in [1.807, 2.05) is 0 Å². The van der Waals surface area contributed by atoms with Crippen molar-refractivity contribution in [3.05, 3.63) is 83.9 Å². The highest BCUT2D eigenvalue weighted by Crippen LogP contribution is 2.26. The molecule has 1 unspecified atom stereocenters. The standard InChI is InChI=1S/C24H25NO8S2/c1-25(35(30,31)21-13-11-19(32-2)12-14-21)16-17-7-9-20(10-8-17)33-23(24(26)27)18-5-4-6-22(15-18)34(3,28)29/h4-15,23H,16H2,1-3H3,(H,26,27). The highest BCUT2D eigenvalue weighted by Gasteiger charge is 2.24. The van der Waals surface area contributed by atoms with Gasteiger partial charge in [0.25, 0.3) is 0 Å². The van der Waals surface area contributed by atoms with Crippen molar-refractivity contribution in [3.63, 3.8) is 0 Å². The van der Waals surface area contributed by atoms with E-state index < -0.39 is 31.9 Å². The van der Waals surface area contributed by atoms with Gasteiger partial charge in [-0.15, -0.1) is 0 Å². The Kier molecular flexibility index (Phi) is 7.83. The summed E-state index contributed by atoms with van der Waals surface area (Å²) in [6, 6.07) is 17.9. The Balaban J connectivity index is 1.74. The Hall–Kier alpha value is -3.41. The molecule has 35 heavy (non-hydrogen) atoms. The number of nitrogens with zero attached hydrogens (tertiary/aromatic N) is 1. The molecule has 0 saturated carbocycles. The summed E-state index contributed by atoms with van der Waals surface area (Å²) in [5.41, 5.74) is 0.831. The van der Waals surface area contributed by atoms with Gasteiger partial charge >= 0.3 is 5.97 Å². The predicted molar refractivity (Wildman–Crippen MR) is 129 cm³/mol. The van der Waals surface area contributed by atoms with E-state index in [9.17, 15) is 26.7 Å². The summed E-state index contributed by atoms with van der Waals surface area (Å²) >= 11 is 0. The molecule has 0 aliphatic heterocycles. The van der Waals surface area contributed by atoms with Crippen molar-refractivity contribution < 1.29 is 36.2 Å². The van der Waals surface area contributed by atoms with Gasteiger partial charge < -0.3 is 14.6 Å². The van der Waals surface area contributed by atoms with Crippen molar-refractivity contribution in [2.24, 2.45) is 0 Å². The lowest BCUT2D eigenvalue weighted by Crippen LogP contribution is -2.26. The van der Waals surface area contributed by atoms with E-state index in [2.05, 4.69) is 0 Å². The average Bonchev–Trinajstić information content (AvgIpc) is 2.82. The fraction of sp³-hybridized carbons (Fsp3) is 0.208. The molecule has 3 aromatic rings. The number of rotatable bonds is 10. The van der Waals surface area contributed by atoms with E-state index >= 15 is 0 Å². The van der Waals surface area contributed by atoms with Crippen LogP contribution in [0.4, 0.5) is 0 Å². The zero-order valence-corrected chi connectivity index (χ0v) is 20.9. The van der Waals surface area contributed by atoms with Crippen molar-refractivity contribution in [2.45, 2.75) is 22.4 Å². The van der Waals surface area contributed by atoms with Crippen LogP contribution in [0.5, 0.6) is 11.5 Å². The monoisotopic (exact) mass is 519 g/mol. The van der Waals surface area contributed by atoms with E-state index in [0.717, 1.165) is 6.26 Å². The number of carboxylic acids is 1. The summed E-state index contributed by atoms with van der Waals surface area (Å²) in [4.78, 5) is 11.9. The van der Waals surface area contributed by atoms with Crippen molar-refractivity contribution in [1.82, 2.24) is 4.31 Å². The van der Waals surface area contributed by atoms with Crippen LogP contribution in [-0.2, 0) is 31.2 Å². The zero-order valence-electron chi connectivity index (χ0n) is 19.3. The average molecular weight is 520 g/mol. The minimum absolute atomic E-state index is 0.0127. The number of aliphatic carboxylic acids is 1. The fourth-order valence-corrected chi connectivity index (χ4v) is 5.08. The van der Waals surface area contributed by atoms with Gasteiger partial charge in [0.1, 0.15) is 11.5 Å². The minimum Gasteiger partial charge on any atom is -0.497 e. The van der Waals surface area contributed by atoms with Crippen LogP contribution in [0.2, 0.25) is 0 Å². The van der Waals surface area contributed by atoms with Crippen LogP contribution in [-0.4, -0.2) is 52.6 Å². The van der Waals surface area contributed by atoms with Crippen LogP contribution in [0.1, 0.15) is 17.2 Å². The molecule has 3 rings (SSSR count). The predicted octanol–water partition coefficient (Wildman–Crippen LogP) is 3.12. The molecule has 3 aromatic carbocycles. The summed E-state index contributed by atoms with van der Waals surface area (Å²) in [5, 5.41) is 9.63. The maximum Gasteiger partial charge on any atom is 0.349 e. The first-order valence-electron chi connectivity index (χ1n) is 10.3. The lowest BCUT2D eigenvalue weighted by Gasteiger charge is -2.19. The third-order valence-electron chi connectivity index (χ3n) is 5.16. The second-order valence-corrected chi connectivity index (χ2v) is 11.8. The minimum atomic E-state index is -3.74. The molecule has 0 spiro atoms. The number of carbonyl (C=O) groups is 1. The maximum absolute atomic E-state index is 12.8. The number of methoxy groups -OCH3 is 1. The van der Waals surface area contributed by atoms with E-state index in [0.29, 0.717) is 11.3 Å². The van der Waals surface area contributed by atoms with Crippen LogP contribution in [0.25, 0.3) is 0 Å². The molecule has 186 valence electrons. The fourth-order valence-electron chi connectivity index (χ4n) is 3.25. The van der Waals surface area contributed by atoms with Gasteiger partial charge in [-0.2, -0.15) is 4.31 Å². The van der Waals surface area contributed by atoms with Crippen molar-refractivity contribution >= 4 is 25.8 Å². The van der Waals surface area contributed by atoms with E-state index in [1.165, 1.54) is 67.0 Å². The van der Waals surface area contributed by atoms with Gasteiger partial charge in [-0.25, -0.2) is 21.6 Å². The summed E-state index contributed by atoms with van der Waals surface area (Å²) in [6.45, 7) is 0.0768. The first-order chi connectivity index (χ1) is 16.4. The molecule has 0 aromatic heterocycles. The topological polar surface area (TPSA) is 127 Å². The first-order valence-corrected chi connectivity index (χ1v) is 13.6. The molecule has 0 heterocycles. The van der Waals surface area contributed by atoms with E-state index in [4.69, 9.17) is 9.47 Å². The Morgan fingerprint density at radius 2 is 1.51 bits per heavy atom. The van der Waals surface area contributed by atoms with Crippen LogP contribution in [0, 0.1) is 0 Å². The highest BCUT2D eigenvalue weighted by molar-refractivity contribution is 7.90. The molecular weight excluding hydrogens is 494 g/mol. The molecule has 0 amide bonds. The van der Waals surface area contributed by atoms with Gasteiger partial charge in [0.15, 0.2) is 9.84 Å². The second-order valence-electron chi connectivity index (χ2n) is 7.76. The van der Waals surface area contributed by atoms with Crippen LogP contribution in [0.3, 0.4) is 0 Å². The third-order valence-corrected chi connectivity index (χ3v) is 8.09. The molecule has 0 aliphatic rings. The van der Waals surface area contributed by atoms with Gasteiger partial charge in [0, 0.05) is 25.4 Å². The lowest BCUT2D eigenvalue weighted by molar-refractivity contribution is -0.145. The van der Waals surface area contributed by atoms with Crippen molar-refractivity contribution in [2.75, 3.05) is 20.4 Å². The second kappa shape index (κ2) is 10.5. The summed E-state index contributed by atoms with van der Waals surface area (Å²) < 4.78 is 61.1. The number of hydrogen-bond acceptors (Lipinski definition) is 7. The lowest BCUT2D eigenvalue weighted by atomic mass is 10.1. The van der Waals surface area contributed by atoms with Crippen LogP contribution in [0.15, 0.2) is 82.6 Å². The molecule has 11 heteroatoms. The molecule has 0 aliphatic carbocycles. The number of sulfone groups is 1. The number of ether oxygens (including phenoxy) is 2. The molecule has 1 atom stereocenters. The normalized spacial score (nSPS) is 12.8. The molecule has 0 saturated heterocycles. The maximum atomic E-state index is 12.8. The Labute approximate surface area is 204 Å². The van der Waals surface area contributed by atoms with Crippen LogP contribution >= 0.6 is 0 Å². The van der Waals surface area contributed by atoms with E-state index in [-0.39, 0.29) is 27.6 Å². The van der Waals surface area contributed by atoms with Gasteiger partial charge in [0.2, 0.25) is 16.1 Å². The molecule has 0 bridgehead atoms. The quantitative estimate of drug-likeness (QED) is 0.433. The molecule has 0 radical (unpaired) electrons. The first kappa shape index (κ1) is 26.2.